The number of likely N-dealkylation sites (N-methyl/N-ethyl adjacent to an activating group) is 1. The van der Waals surface area contributed by atoms with Crippen LogP contribution in [-0.2, 0) is 17.5 Å². The molecule has 4 atom stereocenters. The number of alkyl halides is 3. The Morgan fingerprint density at radius 2 is 1.71 bits per heavy atom. The van der Waals surface area contributed by atoms with E-state index in [4.69, 9.17) is 9.47 Å². The van der Waals surface area contributed by atoms with Gasteiger partial charge in [0.15, 0.2) is 0 Å². The van der Waals surface area contributed by atoms with Crippen LogP contribution in [0.15, 0.2) is 72.8 Å². The second kappa shape index (κ2) is 17.5. The minimum Gasteiger partial charge on any atom is -0.490 e. The molecule has 3 aromatic rings. The van der Waals surface area contributed by atoms with Gasteiger partial charge in [-0.05, 0) is 88.2 Å². The Morgan fingerprint density at radius 1 is 1.02 bits per heavy atom. The van der Waals surface area contributed by atoms with E-state index in [9.17, 15) is 27.9 Å². The van der Waals surface area contributed by atoms with Gasteiger partial charge in [-0.3, -0.25) is 9.69 Å². The molecule has 1 aliphatic heterocycles. The third-order valence-electron chi connectivity index (χ3n) is 8.57. The van der Waals surface area contributed by atoms with Gasteiger partial charge in [0.2, 0.25) is 0 Å². The fraction of sp³-hybridized carbons (Fsp3) is 0.459. The summed E-state index contributed by atoms with van der Waals surface area (Å²) in [5.74, 6) is -0.163. The number of anilines is 2. The first-order valence-corrected chi connectivity index (χ1v) is 16.7. The first-order chi connectivity index (χ1) is 23.3. The molecule has 9 nitrogen and oxygen atoms in total. The number of benzene rings is 3. The number of amides is 3. The summed E-state index contributed by atoms with van der Waals surface area (Å²) >= 11 is 0. The SMILES string of the molecule is C[C@@H]1CCCCO[C@@H](CN(C)Cc2ccc(C(F)(F)F)cc2)[C@H](C)CN([C@H](C)CO)C(=O)c2cc(NC(=O)Nc3ccccc3)ccc2O1. The highest BCUT2D eigenvalue weighted by Crippen LogP contribution is 2.30. The van der Waals surface area contributed by atoms with Crippen LogP contribution in [0.2, 0.25) is 0 Å². The molecule has 0 bridgehead atoms. The van der Waals surface area contributed by atoms with Gasteiger partial charge in [-0.2, -0.15) is 13.2 Å². The quantitative estimate of drug-likeness (QED) is 0.231. The molecule has 0 radical (unpaired) electrons. The van der Waals surface area contributed by atoms with Crippen molar-refractivity contribution in [3.05, 3.63) is 89.5 Å². The van der Waals surface area contributed by atoms with E-state index in [-0.39, 0.29) is 42.7 Å². The van der Waals surface area contributed by atoms with Crippen molar-refractivity contribution in [2.45, 2.75) is 71.0 Å². The molecule has 49 heavy (non-hydrogen) atoms. The molecule has 0 unspecified atom stereocenters. The molecule has 3 N–H and O–H groups in total. The number of para-hydroxylation sites is 1. The highest BCUT2D eigenvalue weighted by molar-refractivity contribution is 6.02. The molecule has 266 valence electrons. The van der Waals surface area contributed by atoms with E-state index < -0.39 is 23.8 Å². The van der Waals surface area contributed by atoms with Crippen molar-refractivity contribution in [1.29, 1.82) is 0 Å². The van der Waals surface area contributed by atoms with Crippen LogP contribution in [0.5, 0.6) is 5.75 Å². The van der Waals surface area contributed by atoms with Crippen LogP contribution in [-0.4, -0.2) is 78.4 Å². The number of nitrogens with zero attached hydrogens (tertiary/aromatic N) is 2. The van der Waals surface area contributed by atoms with Crippen molar-refractivity contribution in [2.24, 2.45) is 5.92 Å². The van der Waals surface area contributed by atoms with Crippen molar-refractivity contribution >= 4 is 23.3 Å². The smallest absolute Gasteiger partial charge is 0.416 e. The Kier molecular flexibility index (Phi) is 13.5. The van der Waals surface area contributed by atoms with Crippen molar-refractivity contribution in [2.75, 3.05) is 44.0 Å². The predicted molar refractivity (Wildman–Crippen MR) is 184 cm³/mol. The number of carbonyl (C=O) groups is 2. The van der Waals surface area contributed by atoms with Gasteiger partial charge in [0.05, 0.1) is 36.0 Å². The van der Waals surface area contributed by atoms with E-state index in [1.165, 1.54) is 12.1 Å². The number of hydrogen-bond donors (Lipinski definition) is 3. The van der Waals surface area contributed by atoms with E-state index in [2.05, 4.69) is 10.6 Å². The molecule has 3 aromatic carbocycles. The number of rotatable bonds is 8. The summed E-state index contributed by atoms with van der Waals surface area (Å²) in [7, 11) is 1.89. The van der Waals surface area contributed by atoms with Gasteiger partial charge in [-0.25, -0.2) is 4.79 Å². The number of aliphatic hydroxyl groups is 1. The van der Waals surface area contributed by atoms with Crippen LogP contribution in [0.3, 0.4) is 0 Å². The second-order valence-corrected chi connectivity index (χ2v) is 12.8. The van der Waals surface area contributed by atoms with E-state index in [0.29, 0.717) is 36.8 Å². The average molecular weight is 685 g/mol. The van der Waals surface area contributed by atoms with Crippen molar-refractivity contribution in [3.8, 4) is 5.75 Å². The summed E-state index contributed by atoms with van der Waals surface area (Å²) in [6.45, 7) is 7.04. The molecule has 0 saturated carbocycles. The maximum atomic E-state index is 14.3. The van der Waals surface area contributed by atoms with Crippen molar-refractivity contribution < 1.29 is 37.3 Å². The number of urea groups is 1. The van der Waals surface area contributed by atoms with E-state index in [1.54, 1.807) is 42.2 Å². The topological polar surface area (TPSA) is 103 Å². The Bertz CT molecular complexity index is 1510. The number of ether oxygens (including phenoxy) is 2. The lowest BCUT2D eigenvalue weighted by Crippen LogP contribution is -2.47. The first kappa shape index (κ1) is 37.7. The minimum atomic E-state index is -4.40. The molecule has 3 amide bonds. The third-order valence-corrected chi connectivity index (χ3v) is 8.57. The number of hydrogen-bond acceptors (Lipinski definition) is 6. The highest BCUT2D eigenvalue weighted by atomic mass is 19.4. The second-order valence-electron chi connectivity index (χ2n) is 12.8. The summed E-state index contributed by atoms with van der Waals surface area (Å²) < 4.78 is 51.8. The van der Waals surface area contributed by atoms with Gasteiger partial charge < -0.3 is 30.1 Å². The fourth-order valence-corrected chi connectivity index (χ4v) is 5.76. The van der Waals surface area contributed by atoms with Crippen LogP contribution < -0.4 is 15.4 Å². The van der Waals surface area contributed by atoms with Gasteiger partial charge >= 0.3 is 12.2 Å². The van der Waals surface area contributed by atoms with Gasteiger partial charge in [0.1, 0.15) is 5.75 Å². The molecule has 1 aliphatic rings. The Labute approximate surface area is 286 Å². The Balaban J connectivity index is 1.56. The average Bonchev–Trinajstić information content (AvgIpc) is 3.06. The van der Waals surface area contributed by atoms with Crippen LogP contribution in [0.4, 0.5) is 29.3 Å². The monoisotopic (exact) mass is 684 g/mol. The van der Waals surface area contributed by atoms with E-state index in [0.717, 1.165) is 37.0 Å². The zero-order valence-corrected chi connectivity index (χ0v) is 28.5. The molecule has 0 aliphatic carbocycles. The summed E-state index contributed by atoms with van der Waals surface area (Å²) in [4.78, 5) is 30.7. The number of halogens is 3. The number of aliphatic hydroxyl groups excluding tert-OH is 1. The number of fused-ring (bicyclic) bond motifs is 1. The Hall–Kier alpha value is -4.13. The Morgan fingerprint density at radius 3 is 2.39 bits per heavy atom. The maximum Gasteiger partial charge on any atom is 0.416 e. The molecule has 0 saturated heterocycles. The standard InChI is InChI=1S/C37H47F3N4O5/c1-25-21-44(26(2)24-45)35(46)32-20-31(42-36(47)41-30-11-6-5-7-12-30)17-18-33(32)49-27(3)10-8-9-19-48-34(25)23-43(4)22-28-13-15-29(16-14-28)37(38,39)40/h5-7,11-18,20,25-27,34,45H,8-10,19,21-24H2,1-4H3,(H2,41,42,47)/t25-,26-,27-,34+/m1/s1. The van der Waals surface area contributed by atoms with E-state index in [1.807, 2.05) is 44.0 Å². The van der Waals surface area contributed by atoms with Gasteiger partial charge in [0.25, 0.3) is 5.91 Å². The van der Waals surface area contributed by atoms with E-state index >= 15 is 0 Å². The summed E-state index contributed by atoms with van der Waals surface area (Å²) in [6.07, 6.45) is -2.56. The zero-order chi connectivity index (χ0) is 35.6. The molecule has 0 spiro atoms. The van der Waals surface area contributed by atoms with Crippen molar-refractivity contribution in [1.82, 2.24) is 9.80 Å². The van der Waals surface area contributed by atoms with Gasteiger partial charge in [-0.1, -0.05) is 37.3 Å². The summed E-state index contributed by atoms with van der Waals surface area (Å²) in [5.41, 5.74) is 1.32. The molecule has 1 heterocycles. The van der Waals surface area contributed by atoms with Gasteiger partial charge in [0, 0.05) is 43.5 Å². The fourth-order valence-electron chi connectivity index (χ4n) is 5.76. The van der Waals surface area contributed by atoms with Crippen LogP contribution >= 0.6 is 0 Å². The van der Waals surface area contributed by atoms with Crippen LogP contribution in [0.1, 0.15) is 61.5 Å². The van der Waals surface area contributed by atoms with Crippen LogP contribution in [0, 0.1) is 5.92 Å². The molecule has 12 heteroatoms. The molecule has 0 fully saturated rings. The lowest BCUT2D eigenvalue weighted by molar-refractivity contribution is -0.137. The molecular weight excluding hydrogens is 637 g/mol. The highest BCUT2D eigenvalue weighted by Gasteiger charge is 2.32. The minimum absolute atomic E-state index is 0.183. The van der Waals surface area contributed by atoms with Crippen molar-refractivity contribution in [3.63, 3.8) is 0 Å². The first-order valence-electron chi connectivity index (χ1n) is 16.7. The lowest BCUT2D eigenvalue weighted by atomic mass is 10.0. The number of carbonyl (C=O) groups excluding carboxylic acids is 2. The maximum absolute atomic E-state index is 14.3. The van der Waals surface area contributed by atoms with Crippen LogP contribution in [0.25, 0.3) is 0 Å². The summed E-state index contributed by atoms with van der Waals surface area (Å²) in [6, 6.07) is 18.1. The molecule has 4 rings (SSSR count). The third kappa shape index (κ3) is 11.2. The van der Waals surface area contributed by atoms with Gasteiger partial charge in [-0.15, -0.1) is 0 Å². The normalized spacial score (nSPS) is 20.1. The largest absolute Gasteiger partial charge is 0.490 e. The predicted octanol–water partition coefficient (Wildman–Crippen LogP) is 7.28. The lowest BCUT2D eigenvalue weighted by Gasteiger charge is -2.36. The summed E-state index contributed by atoms with van der Waals surface area (Å²) in [5, 5.41) is 15.8. The number of nitrogens with one attached hydrogen (secondary N) is 2. The molecular formula is C37H47F3N4O5. The molecule has 0 aromatic heterocycles. The zero-order valence-electron chi connectivity index (χ0n) is 28.5.